The van der Waals surface area contributed by atoms with Crippen LogP contribution >= 0.6 is 11.6 Å². The third-order valence-corrected chi connectivity index (χ3v) is 6.39. The Morgan fingerprint density at radius 1 is 1.03 bits per heavy atom. The number of unbranched alkanes of at least 4 members (excludes halogenated alkanes) is 1. The Bertz CT molecular complexity index is 1210. The van der Waals surface area contributed by atoms with Gasteiger partial charge < -0.3 is 15.0 Å². The van der Waals surface area contributed by atoms with Gasteiger partial charge in [-0.1, -0.05) is 17.7 Å². The van der Waals surface area contributed by atoms with Crippen LogP contribution in [-0.2, 0) is 4.74 Å². The molecule has 2 aromatic carbocycles. The molecule has 0 spiro atoms. The van der Waals surface area contributed by atoms with E-state index >= 15 is 0 Å². The van der Waals surface area contributed by atoms with Crippen LogP contribution in [0.1, 0.15) is 33.6 Å². The zero-order chi connectivity index (χ0) is 22.8. The Labute approximate surface area is 197 Å². The van der Waals surface area contributed by atoms with Crippen molar-refractivity contribution in [2.45, 2.75) is 12.8 Å². The second-order valence-electron chi connectivity index (χ2n) is 8.21. The lowest BCUT2D eigenvalue weighted by atomic mass is 10.1. The van der Waals surface area contributed by atoms with Gasteiger partial charge in [0.15, 0.2) is 0 Å². The first-order valence-electron chi connectivity index (χ1n) is 11.2. The van der Waals surface area contributed by atoms with E-state index < -0.39 is 0 Å². The van der Waals surface area contributed by atoms with Gasteiger partial charge in [0.25, 0.3) is 11.8 Å². The molecule has 1 N–H and O–H groups in total. The number of pyridine rings is 1. The van der Waals surface area contributed by atoms with Crippen LogP contribution in [0.15, 0.2) is 48.7 Å². The van der Waals surface area contributed by atoms with E-state index in [9.17, 15) is 9.59 Å². The van der Waals surface area contributed by atoms with Crippen molar-refractivity contribution in [2.24, 2.45) is 0 Å². The van der Waals surface area contributed by atoms with E-state index in [-0.39, 0.29) is 11.8 Å². The number of nitrogens with one attached hydrogen (secondary N) is 1. The van der Waals surface area contributed by atoms with Gasteiger partial charge in [0.2, 0.25) is 0 Å². The normalized spacial score (nSPS) is 15.9. The zero-order valence-electron chi connectivity index (χ0n) is 18.2. The average molecular weight is 465 g/mol. The van der Waals surface area contributed by atoms with Crippen LogP contribution in [0, 0.1) is 0 Å². The lowest BCUT2D eigenvalue weighted by Gasteiger charge is -2.30. The molecular formula is C25H25ClN4O3. The summed E-state index contributed by atoms with van der Waals surface area (Å²) in [6.07, 6.45) is 3.30. The number of morpholine rings is 1. The molecule has 170 valence electrons. The summed E-state index contributed by atoms with van der Waals surface area (Å²) < 4.78 is 5.43. The fourth-order valence-corrected chi connectivity index (χ4v) is 4.65. The van der Waals surface area contributed by atoms with Gasteiger partial charge in [0.1, 0.15) is 0 Å². The van der Waals surface area contributed by atoms with Crippen LogP contribution in [-0.4, -0.2) is 61.1 Å². The summed E-state index contributed by atoms with van der Waals surface area (Å²) in [6, 6.07) is 13.1. The molecule has 3 aromatic rings. The lowest BCUT2D eigenvalue weighted by Crippen LogP contribution is -2.37. The monoisotopic (exact) mass is 464 g/mol. The van der Waals surface area contributed by atoms with Crippen molar-refractivity contribution in [2.75, 3.05) is 49.6 Å². The Balaban J connectivity index is 1.20. The predicted molar refractivity (Wildman–Crippen MR) is 129 cm³/mol. The highest BCUT2D eigenvalue weighted by Gasteiger charge is 2.38. The van der Waals surface area contributed by atoms with Crippen molar-refractivity contribution in [1.82, 2.24) is 9.88 Å². The number of fused-ring (bicyclic) bond motifs is 2. The van der Waals surface area contributed by atoms with Crippen molar-refractivity contribution in [1.29, 1.82) is 0 Å². The zero-order valence-corrected chi connectivity index (χ0v) is 19.0. The number of benzene rings is 2. The molecule has 5 rings (SSSR count). The molecule has 7 nitrogen and oxygen atoms in total. The minimum Gasteiger partial charge on any atom is -0.384 e. The van der Waals surface area contributed by atoms with E-state index in [0.717, 1.165) is 54.8 Å². The van der Waals surface area contributed by atoms with Gasteiger partial charge in [-0.2, -0.15) is 0 Å². The molecule has 8 heteroatoms. The SMILES string of the molecule is O=C1c2cccc(N3CCOCC3)c2C(=O)N1CCCCNc1ccnc2cc(Cl)ccc12. The van der Waals surface area contributed by atoms with Gasteiger partial charge in [-0.05, 0) is 49.2 Å². The number of halogens is 1. The summed E-state index contributed by atoms with van der Waals surface area (Å²) in [4.78, 5) is 34.0. The number of amides is 2. The van der Waals surface area contributed by atoms with Crippen LogP contribution in [0.2, 0.25) is 5.02 Å². The highest BCUT2D eigenvalue weighted by molar-refractivity contribution is 6.31. The second-order valence-corrected chi connectivity index (χ2v) is 8.65. The number of hydrogen-bond acceptors (Lipinski definition) is 6. The molecular weight excluding hydrogens is 440 g/mol. The van der Waals surface area contributed by atoms with Crippen molar-refractivity contribution in [3.63, 3.8) is 0 Å². The van der Waals surface area contributed by atoms with Crippen LogP contribution in [0.3, 0.4) is 0 Å². The van der Waals surface area contributed by atoms with Crippen LogP contribution in [0.25, 0.3) is 10.9 Å². The minimum absolute atomic E-state index is 0.193. The number of aromatic nitrogens is 1. The van der Waals surface area contributed by atoms with Gasteiger partial charge in [-0.3, -0.25) is 19.5 Å². The third kappa shape index (κ3) is 4.26. The van der Waals surface area contributed by atoms with Crippen LogP contribution < -0.4 is 10.2 Å². The van der Waals surface area contributed by atoms with Crippen LogP contribution in [0.5, 0.6) is 0 Å². The third-order valence-electron chi connectivity index (χ3n) is 6.16. The smallest absolute Gasteiger partial charge is 0.263 e. The van der Waals surface area contributed by atoms with Crippen molar-refractivity contribution < 1.29 is 14.3 Å². The Morgan fingerprint density at radius 2 is 1.88 bits per heavy atom. The number of nitrogens with zero attached hydrogens (tertiary/aromatic N) is 3. The van der Waals surface area contributed by atoms with E-state index in [1.807, 2.05) is 36.4 Å². The Hall–Kier alpha value is -3.16. The summed E-state index contributed by atoms with van der Waals surface area (Å²) in [5, 5.41) is 5.10. The molecule has 2 aliphatic rings. The van der Waals surface area contributed by atoms with E-state index in [1.54, 1.807) is 12.3 Å². The first-order chi connectivity index (χ1) is 16.1. The predicted octanol–water partition coefficient (Wildman–Crippen LogP) is 4.21. The van der Waals surface area contributed by atoms with Gasteiger partial charge in [0, 0.05) is 48.5 Å². The van der Waals surface area contributed by atoms with Crippen LogP contribution in [0.4, 0.5) is 11.4 Å². The maximum Gasteiger partial charge on any atom is 0.263 e. The largest absolute Gasteiger partial charge is 0.384 e. The summed E-state index contributed by atoms with van der Waals surface area (Å²) in [5.74, 6) is -0.392. The van der Waals surface area contributed by atoms with Gasteiger partial charge >= 0.3 is 0 Å². The average Bonchev–Trinajstić information content (AvgIpc) is 3.09. The summed E-state index contributed by atoms with van der Waals surface area (Å²) in [5.41, 5.74) is 3.71. The first-order valence-corrected chi connectivity index (χ1v) is 11.6. The van der Waals surface area contributed by atoms with E-state index in [0.29, 0.717) is 35.9 Å². The minimum atomic E-state index is -0.199. The molecule has 1 aromatic heterocycles. The molecule has 2 aliphatic heterocycles. The quantitative estimate of drug-likeness (QED) is 0.417. The number of carbonyl (C=O) groups is 2. The van der Waals surface area contributed by atoms with Gasteiger partial charge in [0.05, 0.1) is 35.5 Å². The molecule has 0 bridgehead atoms. The van der Waals surface area contributed by atoms with E-state index in [4.69, 9.17) is 16.3 Å². The maximum absolute atomic E-state index is 13.1. The van der Waals surface area contributed by atoms with E-state index in [2.05, 4.69) is 15.2 Å². The second kappa shape index (κ2) is 9.37. The summed E-state index contributed by atoms with van der Waals surface area (Å²) >= 11 is 6.06. The first kappa shape index (κ1) is 21.7. The molecule has 2 amide bonds. The molecule has 0 unspecified atom stereocenters. The number of hydrogen-bond donors (Lipinski definition) is 1. The maximum atomic E-state index is 13.1. The molecule has 0 atom stereocenters. The highest BCUT2D eigenvalue weighted by atomic mass is 35.5. The Morgan fingerprint density at radius 3 is 2.73 bits per heavy atom. The number of anilines is 2. The molecule has 3 heterocycles. The van der Waals surface area contributed by atoms with Crippen molar-refractivity contribution in [3.05, 3.63) is 64.8 Å². The topological polar surface area (TPSA) is 74.8 Å². The number of carbonyl (C=O) groups excluding carboxylic acids is 2. The summed E-state index contributed by atoms with van der Waals surface area (Å²) in [6.45, 7) is 3.83. The number of rotatable bonds is 7. The lowest BCUT2D eigenvalue weighted by molar-refractivity contribution is 0.0652. The standard InChI is InChI=1S/C25H25ClN4O3/c26-17-6-7-18-20(8-10-28-21(18)16-17)27-9-1-2-11-30-24(31)19-4-3-5-22(23(19)25(30)32)29-12-14-33-15-13-29/h3-8,10,16H,1-2,9,11-15H2,(H,27,28). The molecule has 0 saturated carbocycles. The molecule has 1 saturated heterocycles. The van der Waals surface area contributed by atoms with Crippen molar-refractivity contribution >= 4 is 45.7 Å². The number of imide groups is 1. The molecule has 0 radical (unpaired) electrons. The Kier molecular flexibility index (Phi) is 6.15. The van der Waals surface area contributed by atoms with Gasteiger partial charge in [-0.25, -0.2) is 0 Å². The molecule has 0 aliphatic carbocycles. The highest BCUT2D eigenvalue weighted by Crippen LogP contribution is 2.32. The summed E-state index contributed by atoms with van der Waals surface area (Å²) in [7, 11) is 0. The fourth-order valence-electron chi connectivity index (χ4n) is 4.48. The van der Waals surface area contributed by atoms with Crippen molar-refractivity contribution in [3.8, 4) is 0 Å². The van der Waals surface area contributed by atoms with Gasteiger partial charge in [-0.15, -0.1) is 0 Å². The molecule has 33 heavy (non-hydrogen) atoms. The fraction of sp³-hybridized carbons (Fsp3) is 0.320. The van der Waals surface area contributed by atoms with E-state index in [1.165, 1.54) is 4.90 Å². The molecule has 1 fully saturated rings. The number of ether oxygens (including phenoxy) is 1.